The van der Waals surface area contributed by atoms with Crippen LogP contribution >= 0.6 is 0 Å². The van der Waals surface area contributed by atoms with E-state index >= 15 is 0 Å². The summed E-state index contributed by atoms with van der Waals surface area (Å²) in [5.74, 6) is 1.16. The number of aliphatic hydroxyl groups excluding tert-OH is 2. The predicted octanol–water partition coefficient (Wildman–Crippen LogP) is 4.47. The monoisotopic (exact) mass is 306 g/mol. The van der Waals surface area contributed by atoms with Crippen molar-refractivity contribution in [2.75, 3.05) is 6.61 Å². The molecule has 2 fully saturated rings. The summed E-state index contributed by atoms with van der Waals surface area (Å²) in [6, 6.07) is 0. The molecule has 2 nitrogen and oxygen atoms in total. The van der Waals surface area contributed by atoms with Crippen LogP contribution in [0.4, 0.5) is 0 Å². The molecule has 0 saturated heterocycles. The van der Waals surface area contributed by atoms with E-state index in [-0.39, 0.29) is 23.5 Å². The van der Waals surface area contributed by atoms with Gasteiger partial charge in [0.1, 0.15) is 0 Å². The predicted molar refractivity (Wildman–Crippen MR) is 92.6 cm³/mol. The SMILES string of the molecule is C=C1CC[C@@H]2C(C)(C)C[C@H](O)C[C@@]2(C)[C@@H]1CC/C(C)=C/CO. The van der Waals surface area contributed by atoms with Crippen molar-refractivity contribution < 1.29 is 10.2 Å². The Bertz CT molecular complexity index is 449. The molecule has 2 rings (SSSR count). The standard InChI is InChI=1S/C20H34O2/c1-14(10-11-21)6-8-17-15(2)7-9-18-19(3,4)12-16(22)13-20(17,18)5/h10,16-18,21-22H,2,6-9,11-13H2,1,3-5H3/b14-10+/t16-,17+,18+,20-/m0/s1. The molecule has 0 heterocycles. The third kappa shape index (κ3) is 3.33. The van der Waals surface area contributed by atoms with Gasteiger partial charge in [-0.15, -0.1) is 0 Å². The number of hydrogen-bond acceptors (Lipinski definition) is 2. The second kappa shape index (κ2) is 6.49. The van der Waals surface area contributed by atoms with E-state index < -0.39 is 0 Å². The number of hydrogen-bond donors (Lipinski definition) is 2. The normalized spacial score (nSPS) is 38.7. The van der Waals surface area contributed by atoms with E-state index in [1.165, 1.54) is 17.6 Å². The van der Waals surface area contributed by atoms with E-state index in [0.29, 0.717) is 11.8 Å². The summed E-state index contributed by atoms with van der Waals surface area (Å²) in [4.78, 5) is 0. The molecule has 2 heteroatoms. The largest absolute Gasteiger partial charge is 0.393 e. The van der Waals surface area contributed by atoms with Gasteiger partial charge in [-0.2, -0.15) is 0 Å². The molecule has 0 aromatic carbocycles. The number of fused-ring (bicyclic) bond motifs is 1. The first kappa shape index (κ1) is 17.7. The maximum Gasteiger partial charge on any atom is 0.0614 e. The van der Waals surface area contributed by atoms with Gasteiger partial charge < -0.3 is 10.2 Å². The van der Waals surface area contributed by atoms with Crippen LogP contribution in [0.1, 0.15) is 66.2 Å². The molecule has 2 aliphatic carbocycles. The first-order valence-electron chi connectivity index (χ1n) is 8.83. The average Bonchev–Trinajstić information content (AvgIpc) is 2.35. The van der Waals surface area contributed by atoms with Gasteiger partial charge in [0, 0.05) is 0 Å². The first-order valence-corrected chi connectivity index (χ1v) is 8.83. The lowest BCUT2D eigenvalue weighted by Crippen LogP contribution is -2.53. The van der Waals surface area contributed by atoms with E-state index in [1.807, 2.05) is 6.08 Å². The van der Waals surface area contributed by atoms with Gasteiger partial charge in [-0.1, -0.05) is 44.6 Å². The minimum Gasteiger partial charge on any atom is -0.393 e. The van der Waals surface area contributed by atoms with Crippen molar-refractivity contribution in [2.24, 2.45) is 22.7 Å². The van der Waals surface area contributed by atoms with Crippen LogP contribution in [0.5, 0.6) is 0 Å². The van der Waals surface area contributed by atoms with Crippen LogP contribution in [0.15, 0.2) is 23.8 Å². The van der Waals surface area contributed by atoms with Crippen molar-refractivity contribution in [1.29, 1.82) is 0 Å². The summed E-state index contributed by atoms with van der Waals surface area (Å²) in [5.41, 5.74) is 3.01. The Labute approximate surface area is 136 Å². The van der Waals surface area contributed by atoms with Crippen LogP contribution < -0.4 is 0 Å². The topological polar surface area (TPSA) is 40.5 Å². The third-order valence-corrected chi connectivity index (χ3v) is 6.49. The Hall–Kier alpha value is -0.600. The Morgan fingerprint density at radius 1 is 1.32 bits per heavy atom. The molecule has 2 saturated carbocycles. The average molecular weight is 306 g/mol. The smallest absolute Gasteiger partial charge is 0.0614 e. The van der Waals surface area contributed by atoms with Gasteiger partial charge in [0.05, 0.1) is 12.7 Å². The molecule has 0 bridgehead atoms. The summed E-state index contributed by atoms with van der Waals surface area (Å²) < 4.78 is 0. The van der Waals surface area contributed by atoms with E-state index in [0.717, 1.165) is 32.1 Å². The van der Waals surface area contributed by atoms with Crippen molar-refractivity contribution in [3.05, 3.63) is 23.8 Å². The minimum atomic E-state index is -0.182. The molecule has 0 aromatic rings. The molecule has 0 spiro atoms. The molecule has 0 unspecified atom stereocenters. The summed E-state index contributed by atoms with van der Waals surface area (Å²) >= 11 is 0. The molecule has 0 amide bonds. The summed E-state index contributed by atoms with van der Waals surface area (Å²) in [7, 11) is 0. The lowest BCUT2D eigenvalue weighted by molar-refractivity contribution is -0.105. The molecule has 0 aromatic heterocycles. The fourth-order valence-corrected chi connectivity index (χ4v) is 5.60. The summed E-state index contributed by atoms with van der Waals surface area (Å²) in [5, 5.41) is 19.5. The van der Waals surface area contributed by atoms with Crippen LogP contribution in [-0.2, 0) is 0 Å². The van der Waals surface area contributed by atoms with Gasteiger partial charge in [-0.25, -0.2) is 0 Å². The fourth-order valence-electron chi connectivity index (χ4n) is 5.60. The highest BCUT2D eigenvalue weighted by Crippen LogP contribution is 2.61. The minimum absolute atomic E-state index is 0.128. The zero-order chi connectivity index (χ0) is 16.5. The van der Waals surface area contributed by atoms with Crippen molar-refractivity contribution in [2.45, 2.75) is 72.3 Å². The van der Waals surface area contributed by atoms with Crippen LogP contribution in [0.2, 0.25) is 0 Å². The number of aliphatic hydroxyl groups is 2. The van der Waals surface area contributed by atoms with Gasteiger partial charge in [0.25, 0.3) is 0 Å². The van der Waals surface area contributed by atoms with Crippen molar-refractivity contribution in [3.63, 3.8) is 0 Å². The van der Waals surface area contributed by atoms with Crippen molar-refractivity contribution in [3.8, 4) is 0 Å². The van der Waals surface area contributed by atoms with Gasteiger partial charge >= 0.3 is 0 Å². The first-order chi connectivity index (χ1) is 10.2. The van der Waals surface area contributed by atoms with Crippen LogP contribution in [0, 0.1) is 22.7 Å². The second-order valence-corrected chi connectivity index (χ2v) is 8.63. The fraction of sp³-hybridized carbons (Fsp3) is 0.800. The molecule has 22 heavy (non-hydrogen) atoms. The maximum atomic E-state index is 10.4. The Kier molecular flexibility index (Phi) is 5.23. The van der Waals surface area contributed by atoms with Crippen LogP contribution in [-0.4, -0.2) is 22.9 Å². The lowest BCUT2D eigenvalue weighted by atomic mass is 9.46. The molecule has 2 N–H and O–H groups in total. The van der Waals surface area contributed by atoms with E-state index in [2.05, 4.69) is 34.3 Å². The Morgan fingerprint density at radius 3 is 2.64 bits per heavy atom. The summed E-state index contributed by atoms with van der Waals surface area (Å²) in [6.45, 7) is 13.7. The van der Waals surface area contributed by atoms with Crippen molar-refractivity contribution in [1.82, 2.24) is 0 Å². The third-order valence-electron chi connectivity index (χ3n) is 6.49. The molecule has 0 radical (unpaired) electrons. The van der Waals surface area contributed by atoms with E-state index in [9.17, 15) is 5.11 Å². The van der Waals surface area contributed by atoms with Crippen LogP contribution in [0.25, 0.3) is 0 Å². The quantitative estimate of drug-likeness (QED) is 0.752. The maximum absolute atomic E-state index is 10.4. The zero-order valence-corrected chi connectivity index (χ0v) is 14.9. The van der Waals surface area contributed by atoms with Crippen molar-refractivity contribution >= 4 is 0 Å². The van der Waals surface area contributed by atoms with Gasteiger partial charge in [-0.3, -0.25) is 0 Å². The molecule has 126 valence electrons. The highest BCUT2D eigenvalue weighted by Gasteiger charge is 2.54. The molecular formula is C20H34O2. The van der Waals surface area contributed by atoms with Gasteiger partial charge in [-0.05, 0) is 68.1 Å². The lowest BCUT2D eigenvalue weighted by Gasteiger charge is -2.59. The summed E-state index contributed by atoms with van der Waals surface area (Å²) in [6.07, 6.45) is 8.03. The van der Waals surface area contributed by atoms with Gasteiger partial charge in [0.15, 0.2) is 0 Å². The molecule has 4 atom stereocenters. The van der Waals surface area contributed by atoms with Gasteiger partial charge in [0.2, 0.25) is 0 Å². The molecule has 0 aliphatic heterocycles. The molecule has 2 aliphatic rings. The van der Waals surface area contributed by atoms with E-state index in [4.69, 9.17) is 5.11 Å². The Balaban J connectivity index is 2.23. The molecular weight excluding hydrogens is 272 g/mol. The second-order valence-electron chi connectivity index (χ2n) is 8.63. The van der Waals surface area contributed by atoms with Crippen LogP contribution in [0.3, 0.4) is 0 Å². The number of rotatable bonds is 4. The highest BCUT2D eigenvalue weighted by molar-refractivity contribution is 5.17. The number of allylic oxidation sites excluding steroid dienone is 2. The van der Waals surface area contributed by atoms with E-state index in [1.54, 1.807) is 0 Å². The zero-order valence-electron chi connectivity index (χ0n) is 14.9. The Morgan fingerprint density at radius 2 is 2.00 bits per heavy atom. The highest BCUT2D eigenvalue weighted by atomic mass is 16.3.